The molecule has 1 fully saturated rings. The number of benzene rings is 1. The molecule has 1 heterocycles. The van der Waals surface area contributed by atoms with E-state index in [0.29, 0.717) is 25.3 Å². The minimum atomic E-state index is -0.0850. The lowest BCUT2D eigenvalue weighted by molar-refractivity contribution is -0.149. The highest BCUT2D eigenvalue weighted by Gasteiger charge is 2.27. The van der Waals surface area contributed by atoms with Crippen molar-refractivity contribution in [1.82, 2.24) is 15.5 Å². The SMILES string of the molecule is CCNC(=NCCCNC(=O)c1ccccc1)N1CCC(C(=O)OCC)CC1. The van der Waals surface area contributed by atoms with Gasteiger partial charge in [-0.15, -0.1) is 0 Å². The third kappa shape index (κ3) is 6.87. The predicted octanol–water partition coefficient (Wildman–Crippen LogP) is 2.05. The summed E-state index contributed by atoms with van der Waals surface area (Å²) in [5.41, 5.74) is 0.670. The van der Waals surface area contributed by atoms with Crippen molar-refractivity contribution < 1.29 is 14.3 Å². The van der Waals surface area contributed by atoms with Gasteiger partial charge in [0.15, 0.2) is 5.96 Å². The van der Waals surface area contributed by atoms with E-state index in [-0.39, 0.29) is 17.8 Å². The van der Waals surface area contributed by atoms with Gasteiger partial charge in [0.05, 0.1) is 12.5 Å². The van der Waals surface area contributed by atoms with Gasteiger partial charge in [0.2, 0.25) is 0 Å². The van der Waals surface area contributed by atoms with E-state index in [4.69, 9.17) is 4.74 Å². The van der Waals surface area contributed by atoms with E-state index in [9.17, 15) is 9.59 Å². The van der Waals surface area contributed by atoms with Gasteiger partial charge < -0.3 is 20.3 Å². The number of ether oxygens (including phenoxy) is 1. The van der Waals surface area contributed by atoms with E-state index in [2.05, 4.69) is 20.5 Å². The van der Waals surface area contributed by atoms with Crippen LogP contribution in [0.25, 0.3) is 0 Å². The maximum atomic E-state index is 12.0. The lowest BCUT2D eigenvalue weighted by atomic mass is 9.97. The van der Waals surface area contributed by atoms with E-state index < -0.39 is 0 Å². The Balaban J connectivity index is 1.75. The first-order valence-electron chi connectivity index (χ1n) is 10.2. The molecule has 0 spiro atoms. The molecule has 2 rings (SSSR count). The van der Waals surface area contributed by atoms with Gasteiger partial charge in [-0.05, 0) is 45.2 Å². The summed E-state index contributed by atoms with van der Waals surface area (Å²) in [6.45, 7) is 7.91. The molecular formula is C21H32N4O3. The summed E-state index contributed by atoms with van der Waals surface area (Å²) >= 11 is 0. The molecular weight excluding hydrogens is 356 g/mol. The second-order valence-corrected chi connectivity index (χ2v) is 6.72. The van der Waals surface area contributed by atoms with Crippen molar-refractivity contribution in [3.63, 3.8) is 0 Å². The van der Waals surface area contributed by atoms with E-state index in [1.54, 1.807) is 12.1 Å². The molecule has 1 aliphatic heterocycles. The Morgan fingerprint density at radius 3 is 2.50 bits per heavy atom. The molecule has 7 nitrogen and oxygen atoms in total. The van der Waals surface area contributed by atoms with Gasteiger partial charge in [0, 0.05) is 38.3 Å². The fraction of sp³-hybridized carbons (Fsp3) is 0.571. The number of esters is 1. The minimum absolute atomic E-state index is 0.00715. The first kappa shape index (κ1) is 21.7. The Kier molecular flexibility index (Phi) is 9.31. The van der Waals surface area contributed by atoms with Crippen molar-refractivity contribution in [2.24, 2.45) is 10.9 Å². The normalized spacial score (nSPS) is 15.2. The van der Waals surface area contributed by atoms with Gasteiger partial charge >= 0.3 is 5.97 Å². The van der Waals surface area contributed by atoms with Crippen molar-refractivity contribution >= 4 is 17.8 Å². The number of carbonyl (C=O) groups is 2. The zero-order valence-electron chi connectivity index (χ0n) is 16.9. The number of likely N-dealkylation sites (tertiary alicyclic amines) is 1. The number of guanidine groups is 1. The van der Waals surface area contributed by atoms with Gasteiger partial charge in [-0.3, -0.25) is 14.6 Å². The van der Waals surface area contributed by atoms with Gasteiger partial charge in [0.25, 0.3) is 5.91 Å². The molecule has 1 aliphatic rings. The van der Waals surface area contributed by atoms with Crippen LogP contribution in [0.5, 0.6) is 0 Å². The Labute approximate surface area is 167 Å². The number of aliphatic imine (C=N–C) groups is 1. The lowest BCUT2D eigenvalue weighted by Crippen LogP contribution is -2.46. The second-order valence-electron chi connectivity index (χ2n) is 6.72. The van der Waals surface area contributed by atoms with E-state index in [1.165, 1.54) is 0 Å². The zero-order valence-corrected chi connectivity index (χ0v) is 16.9. The van der Waals surface area contributed by atoms with Crippen LogP contribution in [0.1, 0.15) is 43.5 Å². The van der Waals surface area contributed by atoms with Gasteiger partial charge in [-0.2, -0.15) is 0 Å². The lowest BCUT2D eigenvalue weighted by Gasteiger charge is -2.33. The average Bonchev–Trinajstić information content (AvgIpc) is 2.73. The quantitative estimate of drug-likeness (QED) is 0.308. The average molecular weight is 389 g/mol. The Hall–Kier alpha value is -2.57. The standard InChI is InChI=1S/C21H32N4O3/c1-3-22-21(25-15-11-18(12-16-25)20(27)28-4-2)24-14-8-13-23-19(26)17-9-6-5-7-10-17/h5-7,9-10,18H,3-4,8,11-16H2,1-2H3,(H,22,24)(H,23,26). The van der Waals surface area contributed by atoms with Crippen LogP contribution in [0.15, 0.2) is 35.3 Å². The summed E-state index contributed by atoms with van der Waals surface area (Å²) in [7, 11) is 0. The first-order valence-corrected chi connectivity index (χ1v) is 10.2. The molecule has 0 aliphatic carbocycles. The number of rotatable bonds is 8. The van der Waals surface area contributed by atoms with E-state index >= 15 is 0 Å². The first-order chi connectivity index (χ1) is 13.7. The van der Waals surface area contributed by atoms with E-state index in [1.807, 2.05) is 32.0 Å². The van der Waals surface area contributed by atoms with Gasteiger partial charge in [-0.1, -0.05) is 18.2 Å². The third-order valence-corrected chi connectivity index (χ3v) is 4.67. The van der Waals surface area contributed by atoms with Crippen LogP contribution in [0, 0.1) is 5.92 Å². The Morgan fingerprint density at radius 2 is 1.86 bits per heavy atom. The van der Waals surface area contributed by atoms with Gasteiger partial charge in [0.1, 0.15) is 0 Å². The highest BCUT2D eigenvalue weighted by atomic mass is 16.5. The molecule has 0 atom stereocenters. The highest BCUT2D eigenvalue weighted by molar-refractivity contribution is 5.94. The van der Waals surface area contributed by atoms with E-state index in [0.717, 1.165) is 44.9 Å². The topological polar surface area (TPSA) is 83.0 Å². The molecule has 154 valence electrons. The van der Waals surface area contributed by atoms with Crippen molar-refractivity contribution in [3.8, 4) is 0 Å². The van der Waals surface area contributed by atoms with Gasteiger partial charge in [-0.25, -0.2) is 0 Å². The van der Waals surface area contributed by atoms with Crippen LogP contribution >= 0.6 is 0 Å². The third-order valence-electron chi connectivity index (χ3n) is 4.67. The summed E-state index contributed by atoms with van der Waals surface area (Å²) in [6.07, 6.45) is 2.35. The number of carbonyl (C=O) groups excluding carboxylic acids is 2. The molecule has 1 aromatic rings. The zero-order chi connectivity index (χ0) is 20.2. The molecule has 1 saturated heterocycles. The minimum Gasteiger partial charge on any atom is -0.466 e. The van der Waals surface area contributed by atoms with Crippen LogP contribution in [0.4, 0.5) is 0 Å². The Morgan fingerprint density at radius 1 is 1.14 bits per heavy atom. The maximum absolute atomic E-state index is 12.0. The largest absolute Gasteiger partial charge is 0.466 e. The molecule has 2 N–H and O–H groups in total. The molecule has 0 saturated carbocycles. The van der Waals surface area contributed by atoms with Crippen molar-refractivity contribution in [2.75, 3.05) is 39.3 Å². The number of hydrogen-bond donors (Lipinski definition) is 2. The van der Waals surface area contributed by atoms with Crippen LogP contribution in [0.3, 0.4) is 0 Å². The summed E-state index contributed by atoms with van der Waals surface area (Å²) in [5.74, 6) is 0.724. The monoisotopic (exact) mass is 388 g/mol. The fourth-order valence-corrected chi connectivity index (χ4v) is 3.17. The fourth-order valence-electron chi connectivity index (χ4n) is 3.17. The summed E-state index contributed by atoms with van der Waals surface area (Å²) < 4.78 is 5.13. The van der Waals surface area contributed by atoms with Crippen molar-refractivity contribution in [1.29, 1.82) is 0 Å². The number of nitrogens with zero attached hydrogens (tertiary/aromatic N) is 2. The molecule has 7 heteroatoms. The highest BCUT2D eigenvalue weighted by Crippen LogP contribution is 2.18. The summed E-state index contributed by atoms with van der Waals surface area (Å²) in [4.78, 5) is 30.8. The molecule has 0 bridgehead atoms. The molecule has 0 radical (unpaired) electrons. The van der Waals surface area contributed by atoms with Crippen LogP contribution in [-0.4, -0.2) is 62.1 Å². The molecule has 0 aromatic heterocycles. The second kappa shape index (κ2) is 12.0. The number of amides is 1. The Bertz CT molecular complexity index is 640. The molecule has 1 aromatic carbocycles. The van der Waals surface area contributed by atoms with Crippen molar-refractivity contribution in [2.45, 2.75) is 33.1 Å². The maximum Gasteiger partial charge on any atom is 0.309 e. The van der Waals surface area contributed by atoms with Crippen LogP contribution in [0.2, 0.25) is 0 Å². The van der Waals surface area contributed by atoms with Crippen LogP contribution < -0.4 is 10.6 Å². The number of piperidine rings is 1. The molecule has 28 heavy (non-hydrogen) atoms. The van der Waals surface area contributed by atoms with Crippen LogP contribution in [-0.2, 0) is 9.53 Å². The summed E-state index contributed by atoms with van der Waals surface area (Å²) in [5, 5.41) is 6.24. The smallest absolute Gasteiger partial charge is 0.309 e. The van der Waals surface area contributed by atoms with Crippen molar-refractivity contribution in [3.05, 3.63) is 35.9 Å². The molecule has 0 unspecified atom stereocenters. The predicted molar refractivity (Wildman–Crippen MR) is 110 cm³/mol. The number of nitrogens with one attached hydrogen (secondary N) is 2. The molecule has 1 amide bonds. The number of hydrogen-bond acceptors (Lipinski definition) is 4. The summed E-state index contributed by atoms with van der Waals surface area (Å²) in [6, 6.07) is 9.21.